The van der Waals surface area contributed by atoms with Gasteiger partial charge in [0.25, 0.3) is 0 Å². The second-order valence-electron chi connectivity index (χ2n) is 6.60. The summed E-state index contributed by atoms with van der Waals surface area (Å²) < 4.78 is 16.5. The number of phenolic OH excluding ortho intramolecular Hbond substituents is 1. The molecule has 0 radical (unpaired) electrons. The third-order valence-corrected chi connectivity index (χ3v) is 5.42. The lowest BCUT2D eigenvalue weighted by molar-refractivity contribution is 0.151. The van der Waals surface area contributed by atoms with Gasteiger partial charge in [-0.2, -0.15) is 0 Å². The van der Waals surface area contributed by atoms with E-state index in [9.17, 15) is 5.11 Å². The van der Waals surface area contributed by atoms with E-state index >= 15 is 0 Å². The Kier molecular flexibility index (Phi) is 2.94. The number of nitrogens with zero attached hydrogens (tertiary/aromatic N) is 1. The predicted octanol–water partition coefficient (Wildman–Crippen LogP) is 2.79. The van der Waals surface area contributed by atoms with Crippen molar-refractivity contribution in [2.45, 2.75) is 25.4 Å². The predicted molar refractivity (Wildman–Crippen MR) is 87.8 cm³/mol. The van der Waals surface area contributed by atoms with Crippen LogP contribution in [0.25, 0.3) is 0 Å². The van der Waals surface area contributed by atoms with Gasteiger partial charge in [-0.15, -0.1) is 0 Å². The Bertz CT molecular complexity index is 833. The molecule has 5 nitrogen and oxygen atoms in total. The maximum atomic E-state index is 10.2. The van der Waals surface area contributed by atoms with E-state index in [1.165, 1.54) is 22.3 Å². The molecule has 5 heteroatoms. The monoisotopic (exact) mass is 325 g/mol. The van der Waals surface area contributed by atoms with Crippen molar-refractivity contribution < 1.29 is 19.3 Å². The van der Waals surface area contributed by atoms with Gasteiger partial charge in [0, 0.05) is 24.7 Å². The van der Waals surface area contributed by atoms with Gasteiger partial charge < -0.3 is 19.3 Å². The van der Waals surface area contributed by atoms with E-state index in [0.29, 0.717) is 18.6 Å². The first-order valence-electron chi connectivity index (χ1n) is 8.29. The Balaban J connectivity index is 1.57. The number of aromatic hydroxyl groups is 1. The van der Waals surface area contributed by atoms with Crippen LogP contribution >= 0.6 is 0 Å². The van der Waals surface area contributed by atoms with Crippen LogP contribution in [0, 0.1) is 0 Å². The summed E-state index contributed by atoms with van der Waals surface area (Å²) in [6, 6.07) is 8.31. The van der Waals surface area contributed by atoms with Crippen molar-refractivity contribution in [2.24, 2.45) is 0 Å². The number of ether oxygens (including phenoxy) is 3. The molecular formula is C19H19NO4. The minimum Gasteiger partial charge on any atom is -0.504 e. The van der Waals surface area contributed by atoms with Crippen LogP contribution < -0.4 is 14.2 Å². The summed E-state index contributed by atoms with van der Waals surface area (Å²) in [5.41, 5.74) is 5.05. The van der Waals surface area contributed by atoms with Gasteiger partial charge in [-0.3, -0.25) is 4.90 Å². The number of benzene rings is 2. The lowest BCUT2D eigenvalue weighted by Crippen LogP contribution is -2.39. The van der Waals surface area contributed by atoms with Gasteiger partial charge >= 0.3 is 0 Å². The molecule has 0 aliphatic carbocycles. The molecule has 0 aromatic heterocycles. The van der Waals surface area contributed by atoms with E-state index in [0.717, 1.165) is 37.4 Å². The van der Waals surface area contributed by atoms with Crippen molar-refractivity contribution in [3.63, 3.8) is 0 Å². The second-order valence-corrected chi connectivity index (χ2v) is 6.60. The SMILES string of the molecule is COc1cc2c(cc1O)[C@@H]1Cc3ccc4c(c3CN1CC2)OCO4. The normalized spacial score (nSPS) is 21.0. The van der Waals surface area contributed by atoms with Crippen LogP contribution in [0.3, 0.4) is 0 Å². The zero-order valence-electron chi connectivity index (χ0n) is 13.5. The van der Waals surface area contributed by atoms with Crippen LogP contribution in [0.5, 0.6) is 23.0 Å². The molecule has 0 amide bonds. The fourth-order valence-corrected chi connectivity index (χ4v) is 4.21. The molecule has 3 heterocycles. The van der Waals surface area contributed by atoms with Crippen molar-refractivity contribution in [1.29, 1.82) is 0 Å². The van der Waals surface area contributed by atoms with Crippen LogP contribution in [0.1, 0.15) is 28.3 Å². The number of hydrogen-bond donors (Lipinski definition) is 1. The van der Waals surface area contributed by atoms with Gasteiger partial charge in [-0.1, -0.05) is 6.07 Å². The van der Waals surface area contributed by atoms with E-state index < -0.39 is 0 Å². The number of methoxy groups -OCH3 is 1. The molecule has 1 atom stereocenters. The first kappa shape index (κ1) is 14.0. The third kappa shape index (κ3) is 1.91. The number of hydrogen-bond acceptors (Lipinski definition) is 5. The molecular weight excluding hydrogens is 306 g/mol. The summed E-state index contributed by atoms with van der Waals surface area (Å²) in [4.78, 5) is 2.47. The van der Waals surface area contributed by atoms with E-state index in [-0.39, 0.29) is 5.75 Å². The highest BCUT2D eigenvalue weighted by molar-refractivity contribution is 5.55. The molecule has 3 aliphatic rings. The molecule has 3 aliphatic heterocycles. The minimum absolute atomic E-state index is 0.217. The highest BCUT2D eigenvalue weighted by Crippen LogP contribution is 2.46. The maximum Gasteiger partial charge on any atom is 0.231 e. The lowest BCUT2D eigenvalue weighted by atomic mass is 9.83. The van der Waals surface area contributed by atoms with E-state index in [4.69, 9.17) is 14.2 Å². The van der Waals surface area contributed by atoms with Crippen LogP contribution in [-0.2, 0) is 19.4 Å². The highest BCUT2D eigenvalue weighted by Gasteiger charge is 2.35. The first-order chi connectivity index (χ1) is 11.7. The molecule has 2 aromatic rings. The van der Waals surface area contributed by atoms with E-state index in [2.05, 4.69) is 11.0 Å². The van der Waals surface area contributed by atoms with E-state index in [1.807, 2.05) is 18.2 Å². The van der Waals surface area contributed by atoms with Gasteiger partial charge in [0.05, 0.1) is 7.11 Å². The zero-order valence-corrected chi connectivity index (χ0v) is 13.5. The molecule has 2 aromatic carbocycles. The first-order valence-corrected chi connectivity index (χ1v) is 8.29. The van der Waals surface area contributed by atoms with Crippen molar-refractivity contribution in [3.8, 4) is 23.0 Å². The Labute approximate surface area is 140 Å². The van der Waals surface area contributed by atoms with Crippen molar-refractivity contribution in [2.75, 3.05) is 20.4 Å². The van der Waals surface area contributed by atoms with Crippen molar-refractivity contribution in [3.05, 3.63) is 46.5 Å². The Morgan fingerprint density at radius 3 is 3.00 bits per heavy atom. The molecule has 0 fully saturated rings. The average Bonchev–Trinajstić information content (AvgIpc) is 3.09. The maximum absolute atomic E-state index is 10.2. The summed E-state index contributed by atoms with van der Waals surface area (Å²) in [7, 11) is 1.59. The smallest absolute Gasteiger partial charge is 0.231 e. The molecule has 1 N–H and O–H groups in total. The molecule has 0 saturated carbocycles. The Morgan fingerprint density at radius 2 is 2.12 bits per heavy atom. The number of rotatable bonds is 1. The molecule has 0 spiro atoms. The average molecular weight is 325 g/mol. The van der Waals surface area contributed by atoms with Gasteiger partial charge in [0.2, 0.25) is 6.79 Å². The topological polar surface area (TPSA) is 51.2 Å². The summed E-state index contributed by atoms with van der Waals surface area (Å²) >= 11 is 0. The Hall–Kier alpha value is -2.40. The summed E-state index contributed by atoms with van der Waals surface area (Å²) in [5.74, 6) is 2.54. The standard InChI is InChI=1S/C19H19NO4/c1-22-18-7-12-4-5-20-9-14-11(2-3-17-19(14)24-10-23-17)6-15(20)13(12)8-16(18)21/h2-3,7-8,15,21H,4-6,9-10H2,1H3/t15-/m0/s1. The van der Waals surface area contributed by atoms with Gasteiger partial charge in [0.15, 0.2) is 23.0 Å². The minimum atomic E-state index is 0.217. The van der Waals surface area contributed by atoms with Crippen LogP contribution in [-0.4, -0.2) is 30.5 Å². The van der Waals surface area contributed by atoms with Crippen LogP contribution in [0.4, 0.5) is 0 Å². The lowest BCUT2D eigenvalue weighted by Gasteiger charge is -2.41. The summed E-state index contributed by atoms with van der Waals surface area (Å²) in [6.07, 6.45) is 1.88. The number of fused-ring (bicyclic) bond motifs is 6. The van der Waals surface area contributed by atoms with Crippen LogP contribution in [0.15, 0.2) is 24.3 Å². The van der Waals surface area contributed by atoms with Gasteiger partial charge in [0.1, 0.15) is 0 Å². The Morgan fingerprint density at radius 1 is 1.21 bits per heavy atom. The van der Waals surface area contributed by atoms with E-state index in [1.54, 1.807) is 7.11 Å². The molecule has 0 unspecified atom stereocenters. The third-order valence-electron chi connectivity index (χ3n) is 5.42. The largest absolute Gasteiger partial charge is 0.504 e. The second kappa shape index (κ2) is 5.05. The zero-order chi connectivity index (χ0) is 16.3. The fourth-order valence-electron chi connectivity index (χ4n) is 4.21. The molecule has 5 rings (SSSR count). The summed E-state index contributed by atoms with van der Waals surface area (Å²) in [5, 5.41) is 10.2. The van der Waals surface area contributed by atoms with Crippen molar-refractivity contribution >= 4 is 0 Å². The van der Waals surface area contributed by atoms with Gasteiger partial charge in [-0.05, 0) is 47.7 Å². The van der Waals surface area contributed by atoms with Gasteiger partial charge in [-0.25, -0.2) is 0 Å². The fraction of sp³-hybridized carbons (Fsp3) is 0.368. The summed E-state index contributed by atoms with van der Waals surface area (Å²) in [6.45, 7) is 2.17. The van der Waals surface area contributed by atoms with Crippen LogP contribution in [0.2, 0.25) is 0 Å². The molecule has 124 valence electrons. The highest BCUT2D eigenvalue weighted by atomic mass is 16.7. The molecule has 0 saturated heterocycles. The molecule has 0 bridgehead atoms. The van der Waals surface area contributed by atoms with Crippen molar-refractivity contribution in [1.82, 2.24) is 4.90 Å². The number of phenols is 1. The molecule has 24 heavy (non-hydrogen) atoms. The quantitative estimate of drug-likeness (QED) is 0.874.